The Bertz CT molecular complexity index is 1150. The Balaban J connectivity index is 4.01. The fourth-order valence-electron chi connectivity index (χ4n) is 9.65. The third-order valence-corrected chi connectivity index (χ3v) is 14.5. The molecule has 6 heteroatoms. The van der Waals surface area contributed by atoms with Crippen molar-refractivity contribution >= 4 is 17.9 Å². The van der Waals surface area contributed by atoms with E-state index in [1.165, 1.54) is 250 Å². The number of carbonyl (C=O) groups excluding carboxylic acids is 3. The van der Waals surface area contributed by atoms with E-state index in [1.54, 1.807) is 0 Å². The summed E-state index contributed by atoms with van der Waals surface area (Å²) < 4.78 is 16.9. The number of ether oxygens (including phenoxy) is 3. The van der Waals surface area contributed by atoms with Gasteiger partial charge < -0.3 is 14.2 Å². The van der Waals surface area contributed by atoms with Crippen LogP contribution in [0.5, 0.6) is 0 Å². The lowest BCUT2D eigenvalue weighted by Crippen LogP contribution is -2.30. The minimum atomic E-state index is -0.763. The van der Waals surface area contributed by atoms with Crippen molar-refractivity contribution < 1.29 is 28.6 Å². The smallest absolute Gasteiger partial charge is 0.306 e. The van der Waals surface area contributed by atoms with E-state index in [1.807, 2.05) is 0 Å². The number of allylic oxidation sites excluding steroid dienone is 4. The number of hydrogen-bond donors (Lipinski definition) is 0. The van der Waals surface area contributed by atoms with Gasteiger partial charge in [0.15, 0.2) is 6.10 Å². The molecule has 418 valence electrons. The van der Waals surface area contributed by atoms with Gasteiger partial charge >= 0.3 is 17.9 Å². The van der Waals surface area contributed by atoms with Crippen LogP contribution >= 0.6 is 0 Å². The first-order valence-electron chi connectivity index (χ1n) is 31.8. The monoisotopic (exact) mass is 999 g/mol. The molecular formula is C65H122O6. The molecule has 0 aliphatic heterocycles. The molecule has 0 saturated carbocycles. The van der Waals surface area contributed by atoms with Crippen LogP contribution in [0, 0.1) is 0 Å². The average molecular weight is 1000 g/mol. The van der Waals surface area contributed by atoms with Crippen LogP contribution in [0.2, 0.25) is 0 Å². The van der Waals surface area contributed by atoms with Crippen LogP contribution in [-0.4, -0.2) is 37.2 Å². The van der Waals surface area contributed by atoms with Gasteiger partial charge in [-0.05, 0) is 51.4 Å². The lowest BCUT2D eigenvalue weighted by Gasteiger charge is -2.18. The van der Waals surface area contributed by atoms with E-state index >= 15 is 0 Å². The second-order valence-corrected chi connectivity index (χ2v) is 21.7. The molecule has 1 unspecified atom stereocenters. The van der Waals surface area contributed by atoms with Gasteiger partial charge in [0.05, 0.1) is 0 Å². The summed E-state index contributed by atoms with van der Waals surface area (Å²) in [5, 5.41) is 0. The third kappa shape index (κ3) is 58.7. The minimum absolute atomic E-state index is 0.0641. The van der Waals surface area contributed by atoms with Crippen molar-refractivity contribution in [1.82, 2.24) is 0 Å². The molecule has 71 heavy (non-hydrogen) atoms. The topological polar surface area (TPSA) is 78.9 Å². The number of carbonyl (C=O) groups is 3. The summed E-state index contributed by atoms with van der Waals surface area (Å²) in [6.45, 7) is 6.67. The summed E-state index contributed by atoms with van der Waals surface area (Å²) in [7, 11) is 0. The molecule has 6 nitrogen and oxygen atoms in total. The highest BCUT2D eigenvalue weighted by atomic mass is 16.6. The second kappa shape index (κ2) is 60.4. The van der Waals surface area contributed by atoms with E-state index in [-0.39, 0.29) is 31.1 Å². The van der Waals surface area contributed by atoms with Crippen LogP contribution in [0.3, 0.4) is 0 Å². The lowest BCUT2D eigenvalue weighted by molar-refractivity contribution is -0.167. The molecular weight excluding hydrogens is 877 g/mol. The van der Waals surface area contributed by atoms with Gasteiger partial charge in [0.25, 0.3) is 0 Å². The van der Waals surface area contributed by atoms with Gasteiger partial charge in [-0.3, -0.25) is 14.4 Å². The first-order valence-corrected chi connectivity index (χ1v) is 31.8. The predicted molar refractivity (Wildman–Crippen MR) is 307 cm³/mol. The lowest BCUT2D eigenvalue weighted by atomic mass is 10.0. The summed E-state index contributed by atoms with van der Waals surface area (Å²) in [5.74, 6) is -0.842. The quantitative estimate of drug-likeness (QED) is 0.0261. The maximum atomic E-state index is 12.8. The SMILES string of the molecule is CCCCCCC/C=C\C/C=C\CCCCCCCCCCCCCCCCCCCCCC(=O)OCC(COC(=O)CCCCCCCCCCCCC)OC(=O)CCCCCCCCCCCCC. The van der Waals surface area contributed by atoms with Crippen molar-refractivity contribution in [3.63, 3.8) is 0 Å². The highest BCUT2D eigenvalue weighted by Gasteiger charge is 2.19. The molecule has 0 saturated heterocycles. The Labute approximate surface area is 443 Å². The second-order valence-electron chi connectivity index (χ2n) is 21.7. The van der Waals surface area contributed by atoms with Gasteiger partial charge in [0.1, 0.15) is 13.2 Å². The summed E-state index contributed by atoms with van der Waals surface area (Å²) in [5.41, 5.74) is 0. The van der Waals surface area contributed by atoms with Crippen LogP contribution in [0.25, 0.3) is 0 Å². The molecule has 0 heterocycles. The van der Waals surface area contributed by atoms with Gasteiger partial charge in [-0.15, -0.1) is 0 Å². The van der Waals surface area contributed by atoms with E-state index in [9.17, 15) is 14.4 Å². The Hall–Kier alpha value is -2.11. The van der Waals surface area contributed by atoms with Crippen molar-refractivity contribution in [3.8, 4) is 0 Å². The number of hydrogen-bond acceptors (Lipinski definition) is 6. The molecule has 0 N–H and O–H groups in total. The first-order chi connectivity index (χ1) is 35.0. The first kappa shape index (κ1) is 68.9. The molecule has 0 aromatic rings. The average Bonchev–Trinajstić information content (AvgIpc) is 3.37. The number of esters is 3. The Morgan fingerprint density at radius 3 is 0.775 bits per heavy atom. The zero-order valence-corrected chi connectivity index (χ0v) is 48.0. The van der Waals surface area contributed by atoms with Gasteiger partial charge in [-0.2, -0.15) is 0 Å². The van der Waals surface area contributed by atoms with Crippen LogP contribution in [0.15, 0.2) is 24.3 Å². The van der Waals surface area contributed by atoms with Gasteiger partial charge in [0, 0.05) is 19.3 Å². The Morgan fingerprint density at radius 1 is 0.282 bits per heavy atom. The maximum absolute atomic E-state index is 12.8. The van der Waals surface area contributed by atoms with Crippen molar-refractivity contribution in [2.24, 2.45) is 0 Å². The number of unbranched alkanes of at least 4 members (excludes halogenated alkanes) is 44. The van der Waals surface area contributed by atoms with Crippen LogP contribution in [0.4, 0.5) is 0 Å². The van der Waals surface area contributed by atoms with Gasteiger partial charge in [-0.25, -0.2) is 0 Å². The fraction of sp³-hybridized carbons (Fsp3) is 0.892. The maximum Gasteiger partial charge on any atom is 0.306 e. The standard InChI is InChI=1S/C65H122O6/c1-4-7-10-13-16-19-22-23-24-25-26-27-28-29-30-31-32-33-34-35-36-37-38-39-40-41-44-46-49-52-55-58-64(67)70-61-62(71-65(68)59-56-53-50-47-43-21-18-15-12-9-6-3)60-69-63(66)57-54-51-48-45-42-20-17-14-11-8-5-2/h22-23,25-26,62H,4-21,24,27-61H2,1-3H3/b23-22-,26-25-. The molecule has 0 aliphatic carbocycles. The Morgan fingerprint density at radius 2 is 0.507 bits per heavy atom. The summed E-state index contributed by atoms with van der Waals surface area (Å²) in [6.07, 6.45) is 72.1. The van der Waals surface area contributed by atoms with E-state index in [2.05, 4.69) is 45.1 Å². The summed E-state index contributed by atoms with van der Waals surface area (Å²) >= 11 is 0. The molecule has 0 aliphatic rings. The van der Waals surface area contributed by atoms with Crippen molar-refractivity contribution in [3.05, 3.63) is 24.3 Å². The van der Waals surface area contributed by atoms with E-state index in [4.69, 9.17) is 14.2 Å². The van der Waals surface area contributed by atoms with Crippen molar-refractivity contribution in [2.75, 3.05) is 13.2 Å². The highest BCUT2D eigenvalue weighted by Crippen LogP contribution is 2.18. The fourth-order valence-corrected chi connectivity index (χ4v) is 9.65. The van der Waals surface area contributed by atoms with Crippen LogP contribution in [0.1, 0.15) is 355 Å². The zero-order valence-electron chi connectivity index (χ0n) is 48.0. The molecule has 0 aromatic carbocycles. The molecule has 0 radical (unpaired) electrons. The normalized spacial score (nSPS) is 12.1. The van der Waals surface area contributed by atoms with E-state index in [0.29, 0.717) is 19.3 Å². The predicted octanol–water partition coefficient (Wildman–Crippen LogP) is 21.4. The van der Waals surface area contributed by atoms with Crippen molar-refractivity contribution in [1.29, 1.82) is 0 Å². The van der Waals surface area contributed by atoms with Crippen LogP contribution in [-0.2, 0) is 28.6 Å². The summed E-state index contributed by atoms with van der Waals surface area (Å²) in [6, 6.07) is 0. The molecule has 0 fully saturated rings. The highest BCUT2D eigenvalue weighted by molar-refractivity contribution is 5.71. The molecule has 0 rings (SSSR count). The van der Waals surface area contributed by atoms with E-state index in [0.717, 1.165) is 64.2 Å². The molecule has 0 bridgehead atoms. The summed E-state index contributed by atoms with van der Waals surface area (Å²) in [4.78, 5) is 38.1. The molecule has 0 aromatic heterocycles. The van der Waals surface area contributed by atoms with Gasteiger partial charge in [0.2, 0.25) is 0 Å². The molecule has 1 atom stereocenters. The molecule has 0 spiro atoms. The van der Waals surface area contributed by atoms with E-state index < -0.39 is 6.10 Å². The third-order valence-electron chi connectivity index (χ3n) is 14.5. The largest absolute Gasteiger partial charge is 0.462 e. The van der Waals surface area contributed by atoms with Crippen molar-refractivity contribution in [2.45, 2.75) is 361 Å². The Kier molecular flexibility index (Phi) is 58.6. The minimum Gasteiger partial charge on any atom is -0.462 e. The van der Waals surface area contributed by atoms with Crippen LogP contribution < -0.4 is 0 Å². The molecule has 0 amide bonds. The zero-order chi connectivity index (χ0) is 51.4. The van der Waals surface area contributed by atoms with Gasteiger partial charge in [-0.1, -0.05) is 308 Å². The number of rotatable bonds is 59.